The lowest BCUT2D eigenvalue weighted by atomic mass is 10.1. The maximum absolute atomic E-state index is 12.6. The van der Waals surface area contributed by atoms with Crippen LogP contribution in [0.3, 0.4) is 0 Å². The summed E-state index contributed by atoms with van der Waals surface area (Å²) in [6.45, 7) is 5.65. The van der Waals surface area contributed by atoms with Gasteiger partial charge in [0.25, 0.3) is 0 Å². The highest BCUT2D eigenvalue weighted by atomic mass is 32.2. The van der Waals surface area contributed by atoms with E-state index in [1.54, 1.807) is 6.08 Å². The molecule has 0 spiro atoms. The zero-order valence-electron chi connectivity index (χ0n) is 15.2. The number of carbonyl (C=O) groups is 1. The molecule has 0 aliphatic heterocycles. The fraction of sp³-hybridized carbons (Fsp3) is 0.150. The molecule has 0 bridgehead atoms. The van der Waals surface area contributed by atoms with Gasteiger partial charge in [0.05, 0.1) is 12.9 Å². The number of ether oxygens (including phenoxy) is 1. The Balaban J connectivity index is 2.13. The first-order valence-electron chi connectivity index (χ1n) is 7.98. The summed E-state index contributed by atoms with van der Waals surface area (Å²) < 4.78 is 22.5. The van der Waals surface area contributed by atoms with Crippen LogP contribution in [0.2, 0.25) is 0 Å². The molecule has 2 rings (SSSR count). The normalized spacial score (nSPS) is 13.5. The maximum Gasteiger partial charge on any atom is 0.367 e. The van der Waals surface area contributed by atoms with Gasteiger partial charge in [-0.15, -0.1) is 0 Å². The molecule has 0 N–H and O–H groups in total. The van der Waals surface area contributed by atoms with Gasteiger partial charge in [0.2, 0.25) is 5.04 Å². The molecule has 0 heterocycles. The van der Waals surface area contributed by atoms with E-state index in [1.807, 2.05) is 55.5 Å². The van der Waals surface area contributed by atoms with Crippen LogP contribution < -0.4 is 0 Å². The van der Waals surface area contributed by atoms with E-state index >= 15 is 0 Å². The predicted octanol–water partition coefficient (Wildman–Crippen LogP) is 4.06. The van der Waals surface area contributed by atoms with Crippen LogP contribution in [-0.2, 0) is 29.4 Å². The second-order valence-corrected chi connectivity index (χ2v) is 8.70. The average molecular weight is 404 g/mol. The van der Waals surface area contributed by atoms with Crippen molar-refractivity contribution in [3.63, 3.8) is 0 Å². The van der Waals surface area contributed by atoms with Crippen LogP contribution in [-0.4, -0.2) is 28.2 Å². The van der Waals surface area contributed by atoms with E-state index < -0.39 is 15.8 Å². The van der Waals surface area contributed by atoms with Crippen LogP contribution in [0.4, 0.5) is 0 Å². The molecular weight excluding hydrogens is 382 g/mol. The minimum absolute atomic E-state index is 0.0558. The number of nitrogens with zero attached hydrogens (tertiary/aromatic N) is 1. The minimum atomic E-state index is -3.02. The molecule has 0 aliphatic rings. The fourth-order valence-corrected chi connectivity index (χ4v) is 3.78. The number of hydrogen-bond donors (Lipinski definition) is 0. The summed E-state index contributed by atoms with van der Waals surface area (Å²) in [7, 11) is -1.78. The SMILES string of the molecule is C=Cc1ccc(CS(=C)(=O)O/N=C(\Sc2ccc(C)cc2)C(=O)OC)cc1. The van der Waals surface area contributed by atoms with Crippen LogP contribution in [0.1, 0.15) is 16.7 Å². The molecule has 5 nitrogen and oxygen atoms in total. The Morgan fingerprint density at radius 2 is 1.81 bits per heavy atom. The topological polar surface area (TPSA) is 65.0 Å². The Morgan fingerprint density at radius 3 is 2.37 bits per heavy atom. The van der Waals surface area contributed by atoms with E-state index in [-0.39, 0.29) is 10.8 Å². The third kappa shape index (κ3) is 6.62. The molecule has 27 heavy (non-hydrogen) atoms. The quantitative estimate of drug-likeness (QED) is 0.182. The van der Waals surface area contributed by atoms with Gasteiger partial charge in [-0.1, -0.05) is 71.5 Å². The molecule has 0 aliphatic carbocycles. The van der Waals surface area contributed by atoms with Gasteiger partial charge in [-0.3, -0.25) is 0 Å². The average Bonchev–Trinajstić information content (AvgIpc) is 2.66. The van der Waals surface area contributed by atoms with Crippen molar-refractivity contribution in [3.8, 4) is 0 Å². The molecule has 0 fully saturated rings. The molecule has 0 saturated carbocycles. The van der Waals surface area contributed by atoms with Crippen molar-refractivity contribution < 1.29 is 18.0 Å². The van der Waals surface area contributed by atoms with Crippen LogP contribution >= 0.6 is 11.8 Å². The molecule has 2 aromatic rings. The first-order chi connectivity index (χ1) is 12.8. The molecule has 0 saturated heterocycles. The smallest absolute Gasteiger partial charge is 0.367 e. The van der Waals surface area contributed by atoms with Crippen LogP contribution in [0.15, 0.2) is 65.2 Å². The number of oxime groups is 1. The monoisotopic (exact) mass is 403 g/mol. The summed E-state index contributed by atoms with van der Waals surface area (Å²) in [5, 5.41) is 3.71. The summed E-state index contributed by atoms with van der Waals surface area (Å²) in [4.78, 5) is 12.7. The molecule has 0 amide bonds. The third-order valence-electron chi connectivity index (χ3n) is 3.45. The van der Waals surface area contributed by atoms with Gasteiger partial charge < -0.3 is 9.02 Å². The predicted molar refractivity (Wildman–Crippen MR) is 113 cm³/mol. The van der Waals surface area contributed by atoms with Crippen molar-refractivity contribution in [2.45, 2.75) is 17.6 Å². The summed E-state index contributed by atoms with van der Waals surface area (Å²) in [5.41, 5.74) is 2.83. The van der Waals surface area contributed by atoms with Crippen LogP contribution in [0, 0.1) is 6.92 Å². The lowest BCUT2D eigenvalue weighted by molar-refractivity contribution is -0.132. The molecule has 1 atom stereocenters. The largest absolute Gasteiger partial charge is 0.464 e. The number of methoxy groups -OCH3 is 1. The lowest BCUT2D eigenvalue weighted by Gasteiger charge is -2.09. The zero-order chi connectivity index (χ0) is 19.9. The maximum atomic E-state index is 12.6. The van der Waals surface area contributed by atoms with Gasteiger partial charge in [-0.25, -0.2) is 9.00 Å². The van der Waals surface area contributed by atoms with Gasteiger partial charge in [0, 0.05) is 4.90 Å². The number of esters is 1. The summed E-state index contributed by atoms with van der Waals surface area (Å²) in [5.74, 6) is 2.99. The van der Waals surface area contributed by atoms with Crippen LogP contribution in [0.25, 0.3) is 6.08 Å². The van der Waals surface area contributed by atoms with E-state index in [0.717, 1.165) is 33.3 Å². The molecule has 142 valence electrons. The minimum Gasteiger partial charge on any atom is -0.464 e. The second-order valence-electron chi connectivity index (χ2n) is 5.71. The number of carbonyl (C=O) groups excluding carboxylic acids is 1. The highest BCUT2D eigenvalue weighted by Gasteiger charge is 2.17. The number of rotatable bonds is 6. The summed E-state index contributed by atoms with van der Waals surface area (Å²) in [6, 6.07) is 14.9. The van der Waals surface area contributed by atoms with E-state index in [0.29, 0.717) is 0 Å². The van der Waals surface area contributed by atoms with E-state index in [1.165, 1.54) is 7.11 Å². The van der Waals surface area contributed by atoms with Gasteiger partial charge >= 0.3 is 5.97 Å². The third-order valence-corrected chi connectivity index (χ3v) is 5.52. The Labute approximate surface area is 164 Å². The van der Waals surface area contributed by atoms with Crippen molar-refractivity contribution in [1.82, 2.24) is 0 Å². The van der Waals surface area contributed by atoms with Crippen molar-refractivity contribution in [2.24, 2.45) is 5.16 Å². The van der Waals surface area contributed by atoms with Gasteiger partial charge in [-0.2, -0.15) is 0 Å². The molecule has 7 heteroatoms. The highest BCUT2D eigenvalue weighted by molar-refractivity contribution is 8.15. The summed E-state index contributed by atoms with van der Waals surface area (Å²) in [6.07, 6.45) is 1.72. The number of benzene rings is 2. The first kappa shape index (κ1) is 20.8. The van der Waals surface area contributed by atoms with Crippen molar-refractivity contribution in [2.75, 3.05) is 7.11 Å². The van der Waals surface area contributed by atoms with E-state index in [9.17, 15) is 9.00 Å². The second kappa shape index (κ2) is 9.43. The van der Waals surface area contributed by atoms with Crippen molar-refractivity contribution in [3.05, 3.63) is 71.8 Å². The van der Waals surface area contributed by atoms with Crippen molar-refractivity contribution in [1.29, 1.82) is 0 Å². The highest BCUT2D eigenvalue weighted by Crippen LogP contribution is 2.21. The number of aryl methyl sites for hydroxylation is 1. The van der Waals surface area contributed by atoms with Crippen molar-refractivity contribution >= 4 is 44.5 Å². The lowest BCUT2D eigenvalue weighted by Crippen LogP contribution is -2.14. The van der Waals surface area contributed by atoms with E-state index in [2.05, 4.69) is 17.6 Å². The van der Waals surface area contributed by atoms with Gasteiger partial charge in [-0.05, 0) is 36.1 Å². The number of thioether (sulfide) groups is 1. The first-order valence-corrected chi connectivity index (χ1v) is 10.6. The zero-order valence-corrected chi connectivity index (χ0v) is 16.8. The Kier molecular flexibility index (Phi) is 7.27. The summed E-state index contributed by atoms with van der Waals surface area (Å²) >= 11 is 1.07. The fourth-order valence-electron chi connectivity index (χ4n) is 2.03. The molecule has 1 unspecified atom stereocenters. The molecule has 0 aromatic heterocycles. The van der Waals surface area contributed by atoms with Gasteiger partial charge in [0.1, 0.15) is 9.80 Å². The Bertz CT molecular complexity index is 931. The Morgan fingerprint density at radius 1 is 1.19 bits per heavy atom. The Hall–Kier alpha value is -2.51. The standard InChI is InChI=1S/C20H21NO4S2/c1-5-16-8-10-17(11-9-16)14-27(4,23)25-21-19(20(22)24-3)26-18-12-6-15(2)7-13-18/h5-13H,1,4,14H2,2-3H3/b21-19-. The molecule has 2 aromatic carbocycles. The van der Waals surface area contributed by atoms with E-state index in [4.69, 9.17) is 9.02 Å². The molecule has 0 radical (unpaired) electrons. The van der Waals surface area contributed by atoms with Gasteiger partial charge in [0.15, 0.2) is 0 Å². The molecular formula is C20H21NO4S2. The number of hydrogen-bond acceptors (Lipinski definition) is 6. The van der Waals surface area contributed by atoms with Crippen LogP contribution in [0.5, 0.6) is 0 Å².